The minimum absolute atomic E-state index is 0.0240. The monoisotopic (exact) mass is 494 g/mol. The van der Waals surface area contributed by atoms with E-state index < -0.39 is 17.9 Å². The van der Waals surface area contributed by atoms with Crippen LogP contribution in [0.5, 0.6) is 0 Å². The van der Waals surface area contributed by atoms with Crippen molar-refractivity contribution in [3.8, 4) is 0 Å². The molecule has 0 aromatic carbocycles. The van der Waals surface area contributed by atoms with Gasteiger partial charge in [-0.2, -0.15) is 0 Å². The highest BCUT2D eigenvalue weighted by Gasteiger charge is 2.02. The molecule has 0 atom stereocenters. The first kappa shape index (κ1) is 32.6. The molecule has 0 fully saturated rings. The van der Waals surface area contributed by atoms with Crippen LogP contribution in [0.2, 0.25) is 0 Å². The molecular formula is C28H46O7. The Balaban J connectivity index is 3.46. The third-order valence-electron chi connectivity index (χ3n) is 5.31. The smallest absolute Gasteiger partial charge is 0.331 e. The van der Waals surface area contributed by atoms with Crippen LogP contribution in [0.15, 0.2) is 24.3 Å². The molecule has 0 unspecified atom stereocenters. The van der Waals surface area contributed by atoms with Gasteiger partial charge in [0.25, 0.3) is 0 Å². The number of hydrogen-bond donors (Lipinski definition) is 0. The Hall–Kier alpha value is -2.44. The number of carbonyl (C=O) groups is 4. The first-order chi connectivity index (χ1) is 17.0. The zero-order chi connectivity index (χ0) is 26.0. The van der Waals surface area contributed by atoms with Gasteiger partial charge in [-0.25, -0.2) is 14.4 Å². The molecule has 0 rings (SSSR count). The lowest BCUT2D eigenvalue weighted by molar-refractivity contribution is -0.140. The van der Waals surface area contributed by atoms with Crippen LogP contribution >= 0.6 is 0 Å². The molecule has 0 aromatic heterocycles. The number of rotatable bonds is 23. The number of ketones is 1. The van der Waals surface area contributed by atoms with Gasteiger partial charge in [-0.1, -0.05) is 78.1 Å². The molecule has 0 aliphatic rings. The van der Waals surface area contributed by atoms with E-state index in [1.54, 1.807) is 0 Å². The van der Waals surface area contributed by atoms with Gasteiger partial charge in [0.1, 0.15) is 0 Å². The van der Waals surface area contributed by atoms with Crippen molar-refractivity contribution in [2.24, 2.45) is 0 Å². The number of allylic oxidation sites excluding steroid dienone is 1. The van der Waals surface area contributed by atoms with Gasteiger partial charge in [-0.3, -0.25) is 4.79 Å². The van der Waals surface area contributed by atoms with Gasteiger partial charge in [0, 0.05) is 24.6 Å². The standard InChI is InChI=1S/C28H46O7/c1-3-5-22-33-26(30)19-18-25(29)17-15-13-11-9-7-8-10-12-14-16-24-35-28(32)21-20-27(31)34-23-6-4-2/h18-21H,3-17,22-24H2,1-2H3/b19-18-,21-20-. The Labute approximate surface area is 211 Å². The summed E-state index contributed by atoms with van der Waals surface area (Å²) in [6, 6.07) is 0. The SMILES string of the molecule is CCCCOC(=O)/C=C\C(=O)CCCCCCCCCCCCOC(=O)/C=C\C(=O)OCCCC. The molecule has 0 saturated carbocycles. The number of carbonyl (C=O) groups excluding carboxylic acids is 4. The van der Waals surface area contributed by atoms with Crippen LogP contribution in [0, 0.1) is 0 Å². The van der Waals surface area contributed by atoms with Crippen LogP contribution in [0.4, 0.5) is 0 Å². The van der Waals surface area contributed by atoms with E-state index in [0.717, 1.165) is 82.8 Å². The third kappa shape index (κ3) is 24.5. The van der Waals surface area contributed by atoms with E-state index in [-0.39, 0.29) is 5.78 Å². The summed E-state index contributed by atoms with van der Waals surface area (Å²) in [5, 5.41) is 0. The topological polar surface area (TPSA) is 96.0 Å². The van der Waals surface area contributed by atoms with Crippen molar-refractivity contribution in [2.75, 3.05) is 19.8 Å². The zero-order valence-electron chi connectivity index (χ0n) is 21.9. The molecule has 7 heteroatoms. The minimum Gasteiger partial charge on any atom is -0.463 e. The second kappa shape index (κ2) is 24.7. The van der Waals surface area contributed by atoms with Gasteiger partial charge in [0.05, 0.1) is 19.8 Å². The fourth-order valence-electron chi connectivity index (χ4n) is 3.15. The highest BCUT2D eigenvalue weighted by Crippen LogP contribution is 2.11. The number of unbranched alkanes of at least 4 members (excludes halogenated alkanes) is 11. The summed E-state index contributed by atoms with van der Waals surface area (Å²) in [5.41, 5.74) is 0. The highest BCUT2D eigenvalue weighted by molar-refractivity contribution is 5.95. The van der Waals surface area contributed by atoms with Crippen LogP contribution in [0.3, 0.4) is 0 Å². The predicted molar refractivity (Wildman–Crippen MR) is 137 cm³/mol. The Kier molecular flexibility index (Phi) is 23.0. The Morgan fingerprint density at radius 1 is 0.457 bits per heavy atom. The number of hydrogen-bond acceptors (Lipinski definition) is 7. The molecule has 0 aliphatic carbocycles. The van der Waals surface area contributed by atoms with Crippen molar-refractivity contribution in [3.05, 3.63) is 24.3 Å². The van der Waals surface area contributed by atoms with Gasteiger partial charge in [0.15, 0.2) is 5.78 Å². The zero-order valence-corrected chi connectivity index (χ0v) is 21.9. The largest absolute Gasteiger partial charge is 0.463 e. The van der Waals surface area contributed by atoms with E-state index >= 15 is 0 Å². The van der Waals surface area contributed by atoms with E-state index in [4.69, 9.17) is 14.2 Å². The number of esters is 3. The van der Waals surface area contributed by atoms with E-state index in [9.17, 15) is 19.2 Å². The predicted octanol–water partition coefficient (Wildman–Crippen LogP) is 6.19. The summed E-state index contributed by atoms with van der Waals surface area (Å²) >= 11 is 0. The van der Waals surface area contributed by atoms with E-state index in [2.05, 4.69) is 0 Å². The summed E-state index contributed by atoms with van der Waals surface area (Å²) < 4.78 is 15.0. The Morgan fingerprint density at radius 2 is 0.800 bits per heavy atom. The van der Waals surface area contributed by atoms with Crippen LogP contribution < -0.4 is 0 Å². The molecule has 0 bridgehead atoms. The second-order valence-corrected chi connectivity index (χ2v) is 8.63. The molecule has 0 amide bonds. The third-order valence-corrected chi connectivity index (χ3v) is 5.31. The van der Waals surface area contributed by atoms with Crippen molar-refractivity contribution >= 4 is 23.7 Å². The van der Waals surface area contributed by atoms with Crippen LogP contribution in [0.25, 0.3) is 0 Å². The quantitative estimate of drug-likeness (QED) is 0.0723. The molecule has 0 saturated heterocycles. The molecule has 0 heterocycles. The molecule has 35 heavy (non-hydrogen) atoms. The lowest BCUT2D eigenvalue weighted by atomic mass is 10.0. The maximum Gasteiger partial charge on any atom is 0.331 e. The summed E-state index contributed by atoms with van der Waals surface area (Å²) in [4.78, 5) is 46.1. The van der Waals surface area contributed by atoms with Gasteiger partial charge in [0.2, 0.25) is 0 Å². The minimum atomic E-state index is -0.516. The molecule has 0 aliphatic heterocycles. The van der Waals surface area contributed by atoms with Crippen molar-refractivity contribution in [2.45, 2.75) is 110 Å². The van der Waals surface area contributed by atoms with Crippen molar-refractivity contribution < 1.29 is 33.4 Å². The fraction of sp³-hybridized carbons (Fsp3) is 0.714. The molecule has 200 valence electrons. The Bertz CT molecular complexity index is 583. The molecule has 0 spiro atoms. The second-order valence-electron chi connectivity index (χ2n) is 8.63. The first-order valence-electron chi connectivity index (χ1n) is 13.4. The average Bonchev–Trinajstić information content (AvgIpc) is 2.84. The Morgan fingerprint density at radius 3 is 1.23 bits per heavy atom. The molecule has 0 aromatic rings. The normalized spacial score (nSPS) is 11.1. The van der Waals surface area contributed by atoms with Crippen LogP contribution in [-0.4, -0.2) is 43.5 Å². The van der Waals surface area contributed by atoms with E-state index in [1.807, 2.05) is 13.8 Å². The van der Waals surface area contributed by atoms with Crippen LogP contribution in [-0.2, 0) is 33.4 Å². The summed E-state index contributed by atoms with van der Waals surface area (Å²) in [6.45, 7) is 5.17. The summed E-state index contributed by atoms with van der Waals surface area (Å²) in [5.74, 6) is -1.50. The molecular weight excluding hydrogens is 448 g/mol. The number of ether oxygens (including phenoxy) is 3. The van der Waals surface area contributed by atoms with Gasteiger partial charge >= 0.3 is 17.9 Å². The van der Waals surface area contributed by atoms with Gasteiger partial charge in [-0.15, -0.1) is 0 Å². The van der Waals surface area contributed by atoms with E-state index in [1.165, 1.54) is 31.4 Å². The van der Waals surface area contributed by atoms with E-state index in [0.29, 0.717) is 26.2 Å². The molecule has 0 radical (unpaired) electrons. The summed E-state index contributed by atoms with van der Waals surface area (Å²) in [6.07, 6.45) is 19.5. The van der Waals surface area contributed by atoms with Crippen LogP contribution in [0.1, 0.15) is 110 Å². The van der Waals surface area contributed by atoms with Gasteiger partial charge in [-0.05, 0) is 31.8 Å². The first-order valence-corrected chi connectivity index (χ1v) is 13.4. The molecule has 7 nitrogen and oxygen atoms in total. The lowest BCUT2D eigenvalue weighted by Gasteiger charge is -2.04. The summed E-state index contributed by atoms with van der Waals surface area (Å²) in [7, 11) is 0. The molecule has 0 N–H and O–H groups in total. The lowest BCUT2D eigenvalue weighted by Crippen LogP contribution is -2.06. The van der Waals surface area contributed by atoms with Crippen molar-refractivity contribution in [1.82, 2.24) is 0 Å². The maximum absolute atomic E-state index is 11.8. The fourth-order valence-corrected chi connectivity index (χ4v) is 3.15. The van der Waals surface area contributed by atoms with Gasteiger partial charge < -0.3 is 14.2 Å². The van der Waals surface area contributed by atoms with Crippen molar-refractivity contribution in [1.29, 1.82) is 0 Å². The average molecular weight is 495 g/mol. The maximum atomic E-state index is 11.8. The highest BCUT2D eigenvalue weighted by atomic mass is 16.5. The van der Waals surface area contributed by atoms with Crippen molar-refractivity contribution in [3.63, 3.8) is 0 Å².